The fourth-order valence-electron chi connectivity index (χ4n) is 3.18. The molecule has 0 spiro atoms. The van der Waals surface area contributed by atoms with Gasteiger partial charge in [-0.1, -0.05) is 30.3 Å². The van der Waals surface area contributed by atoms with Gasteiger partial charge in [0.1, 0.15) is 5.75 Å². The molecule has 2 aromatic carbocycles. The Labute approximate surface area is 170 Å². The number of nitrogens with zero attached hydrogens (tertiary/aromatic N) is 3. The molecule has 1 saturated heterocycles. The van der Waals surface area contributed by atoms with Crippen LogP contribution >= 0.6 is 0 Å². The number of carbonyl (C=O) groups is 2. The largest absolute Gasteiger partial charge is 0.338 e. The lowest BCUT2D eigenvalue weighted by Crippen LogP contribution is -2.51. The molecule has 0 aliphatic carbocycles. The molecular weight excluding hydrogens is 390 g/mol. The number of carbonyl (C=O) groups excluding carboxylic acids is 2. The maximum absolute atomic E-state index is 12.5. The van der Waals surface area contributed by atoms with Gasteiger partial charge >= 0.3 is 0 Å². The second kappa shape index (κ2) is 8.88. The van der Waals surface area contributed by atoms with E-state index in [0.29, 0.717) is 42.9 Å². The van der Waals surface area contributed by atoms with Gasteiger partial charge in [-0.25, -0.2) is 8.42 Å². The van der Waals surface area contributed by atoms with E-state index in [0.717, 1.165) is 0 Å². The normalized spacial score (nSPS) is 14.3. The van der Waals surface area contributed by atoms with Crippen molar-refractivity contribution in [3.05, 3.63) is 71.3 Å². The molecule has 0 radical (unpaired) electrons. The summed E-state index contributed by atoms with van der Waals surface area (Å²) in [7, 11) is -3.63. The Morgan fingerprint density at radius 3 is 2.07 bits per heavy atom. The summed E-state index contributed by atoms with van der Waals surface area (Å²) in [6.45, 7) is 1.36. The van der Waals surface area contributed by atoms with Gasteiger partial charge in [0, 0.05) is 31.7 Å². The van der Waals surface area contributed by atoms with Crippen LogP contribution in [0.4, 0.5) is 0 Å². The second-order valence-electron chi connectivity index (χ2n) is 6.88. The number of hydrogen-bond acceptors (Lipinski definition) is 5. The van der Waals surface area contributed by atoms with Crippen LogP contribution in [0, 0.1) is 11.3 Å². The lowest BCUT2D eigenvalue weighted by molar-refractivity contribution is -0.129. The first kappa shape index (κ1) is 20.6. The Kier molecular flexibility index (Phi) is 6.29. The molecule has 1 fully saturated rings. The van der Waals surface area contributed by atoms with Gasteiger partial charge in [0.2, 0.25) is 5.91 Å². The molecule has 150 valence electrons. The third kappa shape index (κ3) is 5.42. The molecular formula is C21H21N3O4S. The molecule has 0 atom stereocenters. The standard InChI is InChI=1S/C21H21N3O4S/c22-14-17-6-8-18(9-7-17)15-29(27,28)16-20(25)23-10-12-24(13-11-23)21(26)19-4-2-1-3-5-19/h1-9H,10-13,15-16H2. The first-order chi connectivity index (χ1) is 13.9. The highest BCUT2D eigenvalue weighted by Crippen LogP contribution is 2.12. The van der Waals surface area contributed by atoms with E-state index in [2.05, 4.69) is 0 Å². The minimum atomic E-state index is -3.63. The number of piperazine rings is 1. The van der Waals surface area contributed by atoms with Gasteiger partial charge in [0.05, 0.1) is 17.4 Å². The van der Waals surface area contributed by atoms with Crippen molar-refractivity contribution in [3.63, 3.8) is 0 Å². The van der Waals surface area contributed by atoms with Gasteiger partial charge < -0.3 is 9.80 Å². The molecule has 0 bridgehead atoms. The minimum Gasteiger partial charge on any atom is -0.338 e. The second-order valence-corrected chi connectivity index (χ2v) is 8.94. The smallest absolute Gasteiger partial charge is 0.253 e. The topological polar surface area (TPSA) is 98.5 Å². The maximum atomic E-state index is 12.5. The quantitative estimate of drug-likeness (QED) is 0.742. The van der Waals surface area contributed by atoms with Crippen molar-refractivity contribution < 1.29 is 18.0 Å². The predicted molar refractivity (Wildman–Crippen MR) is 108 cm³/mol. The van der Waals surface area contributed by atoms with Crippen LogP contribution in [0.5, 0.6) is 0 Å². The van der Waals surface area contributed by atoms with Crippen molar-refractivity contribution in [2.45, 2.75) is 5.75 Å². The average Bonchev–Trinajstić information content (AvgIpc) is 2.74. The molecule has 2 amide bonds. The fourth-order valence-corrected chi connectivity index (χ4v) is 4.54. The maximum Gasteiger partial charge on any atom is 0.253 e. The highest BCUT2D eigenvalue weighted by molar-refractivity contribution is 7.91. The van der Waals surface area contributed by atoms with Gasteiger partial charge in [-0.2, -0.15) is 5.26 Å². The molecule has 1 aliphatic rings. The molecule has 1 aliphatic heterocycles. The Morgan fingerprint density at radius 2 is 1.48 bits per heavy atom. The van der Waals surface area contributed by atoms with Crippen LogP contribution in [0.15, 0.2) is 54.6 Å². The van der Waals surface area contributed by atoms with E-state index in [1.165, 1.54) is 4.90 Å². The van der Waals surface area contributed by atoms with Gasteiger partial charge in [-0.15, -0.1) is 0 Å². The summed E-state index contributed by atoms with van der Waals surface area (Å²) < 4.78 is 24.8. The lowest BCUT2D eigenvalue weighted by atomic mass is 10.2. The Morgan fingerprint density at radius 1 is 0.897 bits per heavy atom. The molecule has 3 rings (SSSR count). The molecule has 0 N–H and O–H groups in total. The SMILES string of the molecule is N#Cc1ccc(CS(=O)(=O)CC(=O)N2CCN(C(=O)c3ccccc3)CC2)cc1. The van der Waals surface area contributed by atoms with Crippen LogP contribution in [0.2, 0.25) is 0 Å². The van der Waals surface area contributed by atoms with Crippen molar-refractivity contribution in [3.8, 4) is 6.07 Å². The van der Waals surface area contributed by atoms with Gasteiger partial charge in [0.15, 0.2) is 9.84 Å². The van der Waals surface area contributed by atoms with Crippen molar-refractivity contribution in [2.75, 3.05) is 31.9 Å². The number of nitriles is 1. The zero-order valence-electron chi connectivity index (χ0n) is 15.8. The summed E-state index contributed by atoms with van der Waals surface area (Å²) in [5.74, 6) is -1.37. The molecule has 1 heterocycles. The molecule has 0 unspecified atom stereocenters. The predicted octanol–water partition coefficient (Wildman–Crippen LogP) is 1.46. The van der Waals surface area contributed by atoms with Crippen LogP contribution in [0.3, 0.4) is 0 Å². The highest BCUT2D eigenvalue weighted by atomic mass is 32.2. The van der Waals surface area contributed by atoms with Crippen molar-refractivity contribution in [1.82, 2.24) is 9.80 Å². The molecule has 2 aromatic rings. The van der Waals surface area contributed by atoms with E-state index < -0.39 is 21.5 Å². The average molecular weight is 411 g/mol. The third-order valence-corrected chi connectivity index (χ3v) is 6.21. The van der Waals surface area contributed by atoms with Crippen molar-refractivity contribution >= 4 is 21.7 Å². The Bertz CT molecular complexity index is 1020. The highest BCUT2D eigenvalue weighted by Gasteiger charge is 2.27. The summed E-state index contributed by atoms with van der Waals surface area (Å²) in [4.78, 5) is 28.1. The number of rotatable bonds is 5. The lowest BCUT2D eigenvalue weighted by Gasteiger charge is -2.34. The molecule has 29 heavy (non-hydrogen) atoms. The van der Waals surface area contributed by atoms with Crippen LogP contribution in [-0.2, 0) is 20.4 Å². The molecule has 7 nitrogen and oxygen atoms in total. The first-order valence-corrected chi connectivity index (χ1v) is 11.0. The Balaban J connectivity index is 1.53. The first-order valence-electron chi connectivity index (χ1n) is 9.19. The summed E-state index contributed by atoms with van der Waals surface area (Å²) in [6, 6.07) is 17.2. The van der Waals surface area contributed by atoms with Gasteiger partial charge in [-0.3, -0.25) is 9.59 Å². The Hall–Kier alpha value is -3.18. The number of sulfone groups is 1. The van der Waals surface area contributed by atoms with Crippen LogP contribution in [0.25, 0.3) is 0 Å². The monoisotopic (exact) mass is 411 g/mol. The van der Waals surface area contributed by atoms with Crippen LogP contribution < -0.4 is 0 Å². The summed E-state index contributed by atoms with van der Waals surface area (Å²) in [5, 5.41) is 8.80. The van der Waals surface area contributed by atoms with Crippen LogP contribution in [0.1, 0.15) is 21.5 Å². The van der Waals surface area contributed by atoms with Gasteiger partial charge in [-0.05, 0) is 29.8 Å². The van der Waals surface area contributed by atoms with E-state index in [1.54, 1.807) is 53.4 Å². The number of benzene rings is 2. The zero-order chi connectivity index (χ0) is 20.9. The van der Waals surface area contributed by atoms with Crippen molar-refractivity contribution in [2.24, 2.45) is 0 Å². The fraction of sp³-hybridized carbons (Fsp3) is 0.286. The van der Waals surface area contributed by atoms with E-state index in [-0.39, 0.29) is 11.7 Å². The number of amides is 2. The minimum absolute atomic E-state index is 0.0915. The van der Waals surface area contributed by atoms with E-state index >= 15 is 0 Å². The van der Waals surface area contributed by atoms with E-state index in [1.807, 2.05) is 12.1 Å². The number of hydrogen-bond donors (Lipinski definition) is 0. The summed E-state index contributed by atoms with van der Waals surface area (Å²) in [5.41, 5.74) is 1.58. The molecule has 8 heteroatoms. The van der Waals surface area contributed by atoms with Gasteiger partial charge in [0.25, 0.3) is 5.91 Å². The van der Waals surface area contributed by atoms with Crippen molar-refractivity contribution in [1.29, 1.82) is 5.26 Å². The van der Waals surface area contributed by atoms with E-state index in [4.69, 9.17) is 5.26 Å². The third-order valence-electron chi connectivity index (χ3n) is 4.75. The molecule has 0 saturated carbocycles. The van der Waals surface area contributed by atoms with E-state index in [9.17, 15) is 18.0 Å². The summed E-state index contributed by atoms with van der Waals surface area (Å²) in [6.07, 6.45) is 0. The summed E-state index contributed by atoms with van der Waals surface area (Å²) >= 11 is 0. The zero-order valence-corrected chi connectivity index (χ0v) is 16.6. The molecule has 0 aromatic heterocycles. The van der Waals surface area contributed by atoms with Crippen LogP contribution in [-0.4, -0.2) is 62.0 Å².